The van der Waals surface area contributed by atoms with Gasteiger partial charge in [0.1, 0.15) is 5.60 Å². The van der Waals surface area contributed by atoms with Gasteiger partial charge in [0.2, 0.25) is 0 Å². The van der Waals surface area contributed by atoms with Crippen LogP contribution in [0.15, 0.2) is 12.3 Å². The lowest BCUT2D eigenvalue weighted by molar-refractivity contribution is -0.130. The predicted octanol–water partition coefficient (Wildman–Crippen LogP) is 0.641. The van der Waals surface area contributed by atoms with Crippen LogP contribution in [0.4, 0.5) is 0 Å². The van der Waals surface area contributed by atoms with Gasteiger partial charge in [0.05, 0.1) is 23.9 Å². The number of ether oxygens (including phenoxy) is 1. The third-order valence-electron chi connectivity index (χ3n) is 3.82. The van der Waals surface area contributed by atoms with Gasteiger partial charge in [0.25, 0.3) is 0 Å². The van der Waals surface area contributed by atoms with Crippen molar-refractivity contribution in [3.8, 4) is 0 Å². The lowest BCUT2D eigenvalue weighted by Crippen LogP contribution is -2.69. The molecule has 0 aliphatic carbocycles. The minimum absolute atomic E-state index is 0.00364. The molecule has 0 radical (unpaired) electrons. The molecule has 1 aromatic rings. The first kappa shape index (κ1) is 12.1. The summed E-state index contributed by atoms with van der Waals surface area (Å²) in [5.74, 6) is 0. The first-order valence-electron chi connectivity index (χ1n) is 6.65. The fraction of sp³-hybridized carbons (Fsp3) is 0.769. The molecule has 3 rings (SSSR count). The van der Waals surface area contributed by atoms with E-state index in [1.165, 1.54) is 5.69 Å². The fourth-order valence-electron chi connectivity index (χ4n) is 2.87. The molecule has 0 amide bonds. The highest BCUT2D eigenvalue weighted by Crippen LogP contribution is 2.36. The van der Waals surface area contributed by atoms with Crippen LogP contribution in [0.3, 0.4) is 0 Å². The highest BCUT2D eigenvalue weighted by Gasteiger charge is 2.49. The Kier molecular flexibility index (Phi) is 2.73. The van der Waals surface area contributed by atoms with E-state index in [9.17, 15) is 0 Å². The van der Waals surface area contributed by atoms with Crippen LogP contribution in [-0.4, -0.2) is 41.6 Å². The molecule has 1 aromatic heterocycles. The van der Waals surface area contributed by atoms with Gasteiger partial charge in [-0.2, -0.15) is 5.10 Å². The van der Waals surface area contributed by atoms with E-state index >= 15 is 0 Å². The van der Waals surface area contributed by atoms with Gasteiger partial charge in [-0.15, -0.1) is 0 Å². The highest BCUT2D eigenvalue weighted by atomic mass is 16.5. The van der Waals surface area contributed by atoms with Crippen molar-refractivity contribution in [2.75, 3.05) is 26.2 Å². The van der Waals surface area contributed by atoms with Crippen molar-refractivity contribution in [2.45, 2.75) is 38.0 Å². The average molecular weight is 250 g/mol. The molecule has 0 bridgehead atoms. The van der Waals surface area contributed by atoms with E-state index in [1.807, 2.05) is 6.20 Å². The van der Waals surface area contributed by atoms with Crippen LogP contribution in [-0.2, 0) is 10.3 Å². The van der Waals surface area contributed by atoms with E-state index in [-0.39, 0.29) is 17.2 Å². The van der Waals surface area contributed by atoms with Crippen molar-refractivity contribution in [1.29, 1.82) is 0 Å². The van der Waals surface area contributed by atoms with E-state index in [0.717, 1.165) is 26.2 Å². The van der Waals surface area contributed by atoms with Gasteiger partial charge >= 0.3 is 0 Å². The lowest BCUT2D eigenvalue weighted by atomic mass is 9.84. The Hall–Kier alpha value is -0.910. The van der Waals surface area contributed by atoms with Crippen LogP contribution in [0.5, 0.6) is 0 Å². The van der Waals surface area contributed by atoms with Gasteiger partial charge in [0, 0.05) is 25.8 Å². The number of hydrogen-bond acceptors (Lipinski definition) is 4. The van der Waals surface area contributed by atoms with Gasteiger partial charge < -0.3 is 15.4 Å². The normalized spacial score (nSPS) is 27.2. The number of nitrogens with one attached hydrogen (secondary N) is 2. The smallest absolute Gasteiger partial charge is 0.114 e. The number of aromatic nitrogens is 2. The van der Waals surface area contributed by atoms with Crippen LogP contribution in [0.2, 0.25) is 0 Å². The molecule has 0 saturated carbocycles. The van der Waals surface area contributed by atoms with Crippen molar-refractivity contribution in [1.82, 2.24) is 20.4 Å². The molecule has 1 spiro atoms. The summed E-state index contributed by atoms with van der Waals surface area (Å²) in [7, 11) is 0. The summed E-state index contributed by atoms with van der Waals surface area (Å²) in [4.78, 5) is 0. The number of nitrogens with zero attached hydrogens (tertiary/aromatic N) is 2. The molecule has 2 aliphatic rings. The van der Waals surface area contributed by atoms with Crippen molar-refractivity contribution < 1.29 is 4.74 Å². The standard InChI is InChI=1S/C13H22N4O/c1-12(2,3)17-10(4-5-16-17)11-13(8-14-9-13)18-7-6-15-11/h4-5,11,14-15H,6-9H2,1-3H3. The molecule has 3 heterocycles. The average Bonchev–Trinajstić information content (AvgIpc) is 2.75. The van der Waals surface area contributed by atoms with E-state index in [2.05, 4.69) is 47.3 Å². The van der Waals surface area contributed by atoms with E-state index in [1.54, 1.807) is 0 Å². The monoisotopic (exact) mass is 250 g/mol. The lowest BCUT2D eigenvalue weighted by Gasteiger charge is -2.51. The molecular formula is C13H22N4O. The number of morpholine rings is 1. The topological polar surface area (TPSA) is 51.1 Å². The molecular weight excluding hydrogens is 228 g/mol. The van der Waals surface area contributed by atoms with E-state index in [4.69, 9.17) is 4.74 Å². The second-order valence-corrected chi connectivity index (χ2v) is 6.24. The molecule has 1 unspecified atom stereocenters. The minimum Gasteiger partial charge on any atom is -0.369 e. The largest absolute Gasteiger partial charge is 0.369 e. The second-order valence-electron chi connectivity index (χ2n) is 6.24. The molecule has 2 fully saturated rings. The van der Waals surface area contributed by atoms with Gasteiger partial charge in [-0.05, 0) is 26.8 Å². The zero-order valence-electron chi connectivity index (χ0n) is 11.4. The summed E-state index contributed by atoms with van der Waals surface area (Å²) in [6.45, 7) is 10.1. The Morgan fingerprint density at radius 1 is 1.44 bits per heavy atom. The molecule has 5 nitrogen and oxygen atoms in total. The first-order valence-corrected chi connectivity index (χ1v) is 6.65. The van der Waals surface area contributed by atoms with E-state index < -0.39 is 0 Å². The fourth-order valence-corrected chi connectivity index (χ4v) is 2.87. The quantitative estimate of drug-likeness (QED) is 0.768. The molecule has 2 aliphatic heterocycles. The molecule has 2 saturated heterocycles. The van der Waals surface area contributed by atoms with Crippen LogP contribution < -0.4 is 10.6 Å². The summed E-state index contributed by atoms with van der Waals surface area (Å²) in [5, 5.41) is 11.4. The van der Waals surface area contributed by atoms with Crippen molar-refractivity contribution >= 4 is 0 Å². The van der Waals surface area contributed by atoms with Crippen LogP contribution in [0.25, 0.3) is 0 Å². The summed E-state index contributed by atoms with van der Waals surface area (Å²) >= 11 is 0. The number of rotatable bonds is 1. The maximum Gasteiger partial charge on any atom is 0.114 e. The maximum atomic E-state index is 6.04. The van der Waals surface area contributed by atoms with Gasteiger partial charge in [0.15, 0.2) is 0 Å². The van der Waals surface area contributed by atoms with E-state index in [0.29, 0.717) is 0 Å². The van der Waals surface area contributed by atoms with Crippen molar-refractivity contribution in [3.05, 3.63) is 18.0 Å². The predicted molar refractivity (Wildman–Crippen MR) is 69.5 cm³/mol. The summed E-state index contributed by atoms with van der Waals surface area (Å²) in [5.41, 5.74) is 1.14. The first-order chi connectivity index (χ1) is 8.53. The zero-order valence-corrected chi connectivity index (χ0v) is 11.4. The molecule has 1 atom stereocenters. The van der Waals surface area contributed by atoms with Gasteiger partial charge in [-0.1, -0.05) is 0 Å². The molecule has 0 aromatic carbocycles. The van der Waals surface area contributed by atoms with Crippen LogP contribution >= 0.6 is 0 Å². The molecule has 5 heteroatoms. The van der Waals surface area contributed by atoms with Crippen molar-refractivity contribution in [3.63, 3.8) is 0 Å². The Morgan fingerprint density at radius 2 is 2.22 bits per heavy atom. The Bertz CT molecular complexity index is 430. The van der Waals surface area contributed by atoms with Crippen molar-refractivity contribution in [2.24, 2.45) is 0 Å². The zero-order chi connectivity index (χ0) is 12.8. The van der Waals surface area contributed by atoms with Gasteiger partial charge in [-0.25, -0.2) is 0 Å². The Labute approximate surface area is 108 Å². The third kappa shape index (κ3) is 1.77. The molecule has 100 valence electrons. The maximum absolute atomic E-state index is 6.04. The third-order valence-corrected chi connectivity index (χ3v) is 3.82. The highest BCUT2D eigenvalue weighted by molar-refractivity contribution is 5.20. The summed E-state index contributed by atoms with van der Waals surface area (Å²) in [6, 6.07) is 2.34. The summed E-state index contributed by atoms with van der Waals surface area (Å²) < 4.78 is 8.15. The second kappa shape index (κ2) is 4.05. The summed E-state index contributed by atoms with van der Waals surface area (Å²) in [6.07, 6.45) is 1.89. The number of hydrogen-bond donors (Lipinski definition) is 2. The minimum atomic E-state index is -0.0821. The van der Waals surface area contributed by atoms with Gasteiger partial charge in [-0.3, -0.25) is 4.68 Å². The molecule has 2 N–H and O–H groups in total. The Morgan fingerprint density at radius 3 is 2.83 bits per heavy atom. The Balaban J connectivity index is 1.96. The molecule has 18 heavy (non-hydrogen) atoms. The van der Waals surface area contributed by atoms with Crippen LogP contribution in [0, 0.1) is 0 Å². The SMILES string of the molecule is CC(C)(C)n1nccc1C1NCCOC12CNC2. The van der Waals surface area contributed by atoms with Crippen LogP contribution in [0.1, 0.15) is 32.5 Å².